The van der Waals surface area contributed by atoms with Gasteiger partial charge >= 0.3 is 0 Å². The summed E-state index contributed by atoms with van der Waals surface area (Å²) in [5.74, 6) is 0.00741. The zero-order valence-electron chi connectivity index (χ0n) is 12.1. The zero-order chi connectivity index (χ0) is 14.7. The molecule has 1 aromatic heterocycles. The highest BCUT2D eigenvalue weighted by molar-refractivity contribution is 9.10. The van der Waals surface area contributed by atoms with E-state index in [0.717, 1.165) is 23.1 Å². The number of carbonyl (C=O) groups excluding carboxylic acids is 1. The maximum absolute atomic E-state index is 12.6. The van der Waals surface area contributed by atoms with Gasteiger partial charge in [0.2, 0.25) is 0 Å². The number of benzene rings is 1. The van der Waals surface area contributed by atoms with Crippen LogP contribution in [0.3, 0.4) is 0 Å². The number of carbonyl (C=O) groups is 1. The molecule has 0 N–H and O–H groups in total. The van der Waals surface area contributed by atoms with E-state index < -0.39 is 0 Å². The first-order chi connectivity index (χ1) is 9.52. The fourth-order valence-corrected chi connectivity index (χ4v) is 2.60. The third kappa shape index (κ3) is 3.12. The van der Waals surface area contributed by atoms with Crippen molar-refractivity contribution in [1.29, 1.82) is 0 Å². The van der Waals surface area contributed by atoms with Crippen LogP contribution in [0, 0.1) is 6.92 Å². The minimum atomic E-state index is 0.00741. The quantitative estimate of drug-likeness (QED) is 0.820. The largest absolute Gasteiger partial charge is 0.342 e. The Morgan fingerprint density at radius 3 is 2.55 bits per heavy atom. The molecule has 0 fully saturated rings. The van der Waals surface area contributed by atoms with Crippen molar-refractivity contribution in [1.82, 2.24) is 4.57 Å². The van der Waals surface area contributed by atoms with E-state index in [0.29, 0.717) is 5.69 Å². The molecular formula is C16H19BrN2O. The topological polar surface area (TPSA) is 25.2 Å². The molecule has 0 spiro atoms. The third-order valence-electron chi connectivity index (χ3n) is 3.27. The second-order valence-electron chi connectivity index (χ2n) is 4.94. The van der Waals surface area contributed by atoms with E-state index in [9.17, 15) is 4.79 Å². The van der Waals surface area contributed by atoms with E-state index in [1.165, 1.54) is 5.56 Å². The summed E-state index contributed by atoms with van der Waals surface area (Å²) in [7, 11) is 1.81. The molecule has 0 unspecified atom stereocenters. The first-order valence-electron chi connectivity index (χ1n) is 6.73. The smallest absolute Gasteiger partial charge is 0.274 e. The molecule has 1 amide bonds. The van der Waals surface area contributed by atoms with E-state index in [2.05, 4.69) is 22.9 Å². The van der Waals surface area contributed by atoms with Crippen molar-refractivity contribution in [3.05, 3.63) is 52.3 Å². The Morgan fingerprint density at radius 1 is 1.30 bits per heavy atom. The highest BCUT2D eigenvalue weighted by atomic mass is 79.9. The molecule has 0 aliphatic heterocycles. The van der Waals surface area contributed by atoms with Crippen LogP contribution in [0.1, 0.15) is 29.4 Å². The lowest BCUT2D eigenvalue weighted by Gasteiger charge is -2.18. The predicted molar refractivity (Wildman–Crippen MR) is 86.3 cm³/mol. The summed E-state index contributed by atoms with van der Waals surface area (Å²) in [5, 5.41) is 0. The van der Waals surface area contributed by atoms with Crippen molar-refractivity contribution in [3.63, 3.8) is 0 Å². The summed E-state index contributed by atoms with van der Waals surface area (Å²) >= 11 is 3.44. The molecule has 4 heteroatoms. The molecule has 0 atom stereocenters. The number of aromatic nitrogens is 1. The first kappa shape index (κ1) is 14.9. The molecule has 0 radical (unpaired) electrons. The van der Waals surface area contributed by atoms with Crippen LogP contribution in [0.4, 0.5) is 5.69 Å². The maximum atomic E-state index is 12.6. The Hall–Kier alpha value is -1.55. The fourth-order valence-electron chi connectivity index (χ4n) is 2.14. The summed E-state index contributed by atoms with van der Waals surface area (Å²) in [4.78, 5) is 14.3. The maximum Gasteiger partial charge on any atom is 0.274 e. The van der Waals surface area contributed by atoms with E-state index in [1.807, 2.05) is 55.1 Å². The molecule has 0 aliphatic rings. The van der Waals surface area contributed by atoms with E-state index in [-0.39, 0.29) is 5.91 Å². The number of hydrogen-bond acceptors (Lipinski definition) is 1. The molecule has 2 rings (SSSR count). The molecular weight excluding hydrogens is 316 g/mol. The molecule has 1 aromatic carbocycles. The standard InChI is InChI=1S/C16H19BrN2O/c1-4-9-19-11-13(17)10-15(19)16(20)18(3)14-7-5-12(2)6-8-14/h5-8,10-11H,4,9H2,1-3H3. The summed E-state index contributed by atoms with van der Waals surface area (Å²) < 4.78 is 2.93. The molecule has 2 aromatic rings. The summed E-state index contributed by atoms with van der Waals surface area (Å²) in [6, 6.07) is 9.84. The van der Waals surface area contributed by atoms with Crippen LogP contribution in [0.2, 0.25) is 0 Å². The number of anilines is 1. The highest BCUT2D eigenvalue weighted by Gasteiger charge is 2.18. The van der Waals surface area contributed by atoms with Gasteiger partial charge in [0.05, 0.1) is 0 Å². The number of rotatable bonds is 4. The van der Waals surface area contributed by atoms with Gasteiger partial charge in [-0.2, -0.15) is 0 Å². The SMILES string of the molecule is CCCn1cc(Br)cc1C(=O)N(C)c1ccc(C)cc1. The van der Waals surface area contributed by atoms with Crippen LogP contribution in [0.25, 0.3) is 0 Å². The molecule has 20 heavy (non-hydrogen) atoms. The molecule has 0 saturated carbocycles. The van der Waals surface area contributed by atoms with Crippen LogP contribution < -0.4 is 4.90 Å². The number of aryl methyl sites for hydroxylation is 2. The predicted octanol–water partition coefficient (Wildman–Crippen LogP) is 4.25. The van der Waals surface area contributed by atoms with Gasteiger partial charge in [0.1, 0.15) is 5.69 Å². The Balaban J connectivity index is 2.28. The average molecular weight is 335 g/mol. The van der Waals surface area contributed by atoms with Gasteiger partial charge in [-0.15, -0.1) is 0 Å². The Kier molecular flexibility index (Phi) is 4.65. The third-order valence-corrected chi connectivity index (χ3v) is 3.71. The minimum absolute atomic E-state index is 0.00741. The van der Waals surface area contributed by atoms with Crippen molar-refractivity contribution in [2.24, 2.45) is 0 Å². The van der Waals surface area contributed by atoms with Crippen molar-refractivity contribution in [2.45, 2.75) is 26.8 Å². The van der Waals surface area contributed by atoms with Gasteiger partial charge in [-0.1, -0.05) is 24.6 Å². The van der Waals surface area contributed by atoms with E-state index >= 15 is 0 Å². The minimum Gasteiger partial charge on any atom is -0.342 e. The van der Waals surface area contributed by atoms with Gasteiger partial charge in [0.25, 0.3) is 5.91 Å². The molecule has 0 saturated heterocycles. The fraction of sp³-hybridized carbons (Fsp3) is 0.312. The molecule has 0 bridgehead atoms. The van der Waals surface area contributed by atoms with Crippen LogP contribution in [0.15, 0.2) is 41.0 Å². The zero-order valence-corrected chi connectivity index (χ0v) is 13.6. The average Bonchev–Trinajstić information content (AvgIpc) is 2.79. The Bertz CT molecular complexity index is 601. The van der Waals surface area contributed by atoms with Crippen LogP contribution in [-0.4, -0.2) is 17.5 Å². The normalized spacial score (nSPS) is 10.6. The lowest BCUT2D eigenvalue weighted by molar-refractivity contribution is 0.0984. The monoisotopic (exact) mass is 334 g/mol. The van der Waals surface area contributed by atoms with Crippen molar-refractivity contribution in [3.8, 4) is 0 Å². The number of hydrogen-bond donors (Lipinski definition) is 0. The van der Waals surface area contributed by atoms with Gasteiger partial charge in [-0.3, -0.25) is 4.79 Å². The van der Waals surface area contributed by atoms with Crippen LogP contribution >= 0.6 is 15.9 Å². The number of nitrogens with zero attached hydrogens (tertiary/aromatic N) is 2. The molecule has 3 nitrogen and oxygen atoms in total. The molecule has 106 valence electrons. The van der Waals surface area contributed by atoms with Gasteiger partial charge in [0, 0.05) is 29.9 Å². The summed E-state index contributed by atoms with van der Waals surface area (Å²) in [6.45, 7) is 4.98. The van der Waals surface area contributed by atoms with Crippen molar-refractivity contribution in [2.75, 3.05) is 11.9 Å². The number of amides is 1. The second-order valence-corrected chi connectivity index (χ2v) is 5.85. The Morgan fingerprint density at radius 2 is 1.95 bits per heavy atom. The lowest BCUT2D eigenvalue weighted by atomic mass is 10.2. The number of halogens is 1. The highest BCUT2D eigenvalue weighted by Crippen LogP contribution is 2.20. The molecule has 1 heterocycles. The van der Waals surface area contributed by atoms with E-state index in [1.54, 1.807) is 4.90 Å². The van der Waals surface area contributed by atoms with Crippen LogP contribution in [0.5, 0.6) is 0 Å². The van der Waals surface area contributed by atoms with E-state index in [4.69, 9.17) is 0 Å². The summed E-state index contributed by atoms with van der Waals surface area (Å²) in [6.07, 6.45) is 2.95. The first-order valence-corrected chi connectivity index (χ1v) is 7.52. The molecule has 0 aliphatic carbocycles. The van der Waals surface area contributed by atoms with Gasteiger partial charge in [0.15, 0.2) is 0 Å². The van der Waals surface area contributed by atoms with Crippen molar-refractivity contribution < 1.29 is 4.79 Å². The summed E-state index contributed by atoms with van der Waals surface area (Å²) in [5.41, 5.74) is 2.80. The van der Waals surface area contributed by atoms with Gasteiger partial charge in [-0.25, -0.2) is 0 Å². The lowest BCUT2D eigenvalue weighted by Crippen LogP contribution is -2.28. The van der Waals surface area contributed by atoms with Gasteiger partial charge in [-0.05, 0) is 47.5 Å². The van der Waals surface area contributed by atoms with Crippen molar-refractivity contribution >= 4 is 27.5 Å². The van der Waals surface area contributed by atoms with Crippen LogP contribution in [-0.2, 0) is 6.54 Å². The Labute approximate surface area is 128 Å². The van der Waals surface area contributed by atoms with Gasteiger partial charge < -0.3 is 9.47 Å². The second kappa shape index (κ2) is 6.27.